The summed E-state index contributed by atoms with van der Waals surface area (Å²) in [5.74, 6) is 0. The highest BCUT2D eigenvalue weighted by atomic mass is 19.3. The Hall–Kier alpha value is -2.80. The Bertz CT molecular complexity index is 1050. The molecule has 0 amide bonds. The van der Waals surface area contributed by atoms with Crippen LogP contribution in [0.3, 0.4) is 0 Å². The number of alkyl halides is 2. The molecule has 6 rings (SSSR count). The van der Waals surface area contributed by atoms with Crippen LogP contribution in [-0.4, -0.2) is 35.5 Å². The quantitative estimate of drug-likeness (QED) is 0.634. The topological polar surface area (TPSA) is 50.3 Å². The van der Waals surface area contributed by atoms with Crippen LogP contribution >= 0.6 is 0 Å². The third kappa shape index (κ3) is 3.58. The van der Waals surface area contributed by atoms with Gasteiger partial charge in [0.05, 0.1) is 36.2 Å². The lowest BCUT2D eigenvalue weighted by Crippen LogP contribution is -2.54. The largest absolute Gasteiger partial charge is 0.377 e. The molecule has 0 saturated carbocycles. The fourth-order valence-electron chi connectivity index (χ4n) is 4.49. The van der Waals surface area contributed by atoms with Crippen molar-refractivity contribution in [2.45, 2.75) is 44.4 Å². The number of anilines is 2. The molecule has 0 radical (unpaired) electrons. The van der Waals surface area contributed by atoms with E-state index < -0.39 is 6.43 Å². The van der Waals surface area contributed by atoms with Gasteiger partial charge < -0.3 is 15.0 Å². The normalized spacial score (nSPS) is 21.9. The summed E-state index contributed by atoms with van der Waals surface area (Å²) in [6.45, 7) is 3.65. The minimum absolute atomic E-state index is 0.0310. The van der Waals surface area contributed by atoms with E-state index in [2.05, 4.69) is 32.5 Å². The number of hydrogen-bond acceptors (Lipinski definition) is 5. The Balaban J connectivity index is 1.45. The van der Waals surface area contributed by atoms with Crippen molar-refractivity contribution in [1.29, 1.82) is 0 Å². The molecule has 3 aromatic rings. The lowest BCUT2D eigenvalue weighted by Gasteiger charge is -2.46. The second-order valence-corrected chi connectivity index (χ2v) is 8.14. The first-order valence-corrected chi connectivity index (χ1v) is 10.4. The van der Waals surface area contributed by atoms with Crippen LogP contribution in [-0.2, 0) is 4.74 Å². The molecule has 3 aliphatic heterocycles. The van der Waals surface area contributed by atoms with E-state index in [1.165, 1.54) is 6.07 Å². The number of piperidine rings is 1. The zero-order chi connectivity index (χ0) is 20.7. The van der Waals surface area contributed by atoms with Crippen LogP contribution in [0.4, 0.5) is 20.2 Å². The number of benzene rings is 2. The summed E-state index contributed by atoms with van der Waals surface area (Å²) in [4.78, 5) is 2.43. The van der Waals surface area contributed by atoms with Gasteiger partial charge in [-0.25, -0.2) is 8.78 Å². The Kier molecular flexibility index (Phi) is 4.98. The van der Waals surface area contributed by atoms with Crippen LogP contribution < -0.4 is 10.2 Å². The molecule has 3 aliphatic rings. The number of halogens is 2. The minimum atomic E-state index is -2.48. The smallest absolute Gasteiger partial charge is 0.263 e. The molecule has 3 saturated heterocycles. The molecule has 2 bridgehead atoms. The predicted octanol–water partition coefficient (Wildman–Crippen LogP) is 5.11. The summed E-state index contributed by atoms with van der Waals surface area (Å²) in [7, 11) is 0. The third-order valence-corrected chi connectivity index (χ3v) is 6.18. The van der Waals surface area contributed by atoms with Crippen LogP contribution in [0.15, 0.2) is 48.7 Å². The maximum Gasteiger partial charge on any atom is 0.263 e. The van der Waals surface area contributed by atoms with Gasteiger partial charge in [-0.2, -0.15) is 10.2 Å². The zero-order valence-corrected chi connectivity index (χ0v) is 16.8. The van der Waals surface area contributed by atoms with Crippen LogP contribution in [0.25, 0.3) is 10.9 Å². The summed E-state index contributed by atoms with van der Waals surface area (Å²) in [5.41, 5.74) is 3.64. The van der Waals surface area contributed by atoms with E-state index in [9.17, 15) is 8.78 Å². The molecule has 30 heavy (non-hydrogen) atoms. The van der Waals surface area contributed by atoms with E-state index in [0.29, 0.717) is 12.1 Å². The highest BCUT2D eigenvalue weighted by molar-refractivity contribution is 5.93. The van der Waals surface area contributed by atoms with Gasteiger partial charge in [0.1, 0.15) is 0 Å². The minimum Gasteiger partial charge on any atom is -0.377 e. The second kappa shape index (κ2) is 7.80. The number of hydrogen-bond donors (Lipinski definition) is 1. The summed E-state index contributed by atoms with van der Waals surface area (Å²) < 4.78 is 32.0. The van der Waals surface area contributed by atoms with Crippen molar-refractivity contribution >= 4 is 22.3 Å². The van der Waals surface area contributed by atoms with Crippen LogP contribution in [0.2, 0.25) is 0 Å². The van der Waals surface area contributed by atoms with Gasteiger partial charge in [-0.05, 0) is 49.6 Å². The van der Waals surface area contributed by atoms with Crippen molar-refractivity contribution in [3.8, 4) is 0 Å². The van der Waals surface area contributed by atoms with Gasteiger partial charge in [-0.1, -0.05) is 18.2 Å². The maximum atomic E-state index is 13.1. The Labute approximate surface area is 174 Å². The van der Waals surface area contributed by atoms with E-state index >= 15 is 0 Å². The molecule has 1 aromatic heterocycles. The summed E-state index contributed by atoms with van der Waals surface area (Å²) in [5, 5.41) is 12.8. The maximum absolute atomic E-state index is 13.1. The van der Waals surface area contributed by atoms with Gasteiger partial charge >= 0.3 is 0 Å². The van der Waals surface area contributed by atoms with E-state index in [1.54, 1.807) is 18.3 Å². The standard InChI is InChI=1S/C23H24F2N4O/c1-14(15-3-2-4-16(9-15)23(24)25)27-22-11-26-28-21-8-6-17(10-20(21)22)29-12-19-7-5-18(29)13-30-19/h2-4,6,8-11,14,18-19,23H,5,7,12-13H2,1H3,(H,27,28)/t14-,18?,19?/m1/s1. The first-order valence-electron chi connectivity index (χ1n) is 10.4. The first-order chi connectivity index (χ1) is 14.6. The van der Waals surface area contributed by atoms with Gasteiger partial charge in [0.2, 0.25) is 0 Å². The molecule has 7 heteroatoms. The second-order valence-electron chi connectivity index (χ2n) is 8.14. The molecule has 1 N–H and O–H groups in total. The predicted molar refractivity (Wildman–Crippen MR) is 113 cm³/mol. The number of aromatic nitrogens is 2. The van der Waals surface area contributed by atoms with E-state index in [4.69, 9.17) is 4.74 Å². The number of nitrogens with zero attached hydrogens (tertiary/aromatic N) is 3. The van der Waals surface area contributed by atoms with Crippen molar-refractivity contribution < 1.29 is 13.5 Å². The van der Waals surface area contributed by atoms with E-state index in [-0.39, 0.29) is 11.6 Å². The molecular weight excluding hydrogens is 386 g/mol. The van der Waals surface area contributed by atoms with E-state index in [0.717, 1.165) is 53.8 Å². The Morgan fingerprint density at radius 3 is 2.73 bits per heavy atom. The molecule has 3 fully saturated rings. The van der Waals surface area contributed by atoms with Crippen molar-refractivity contribution in [3.63, 3.8) is 0 Å². The average molecular weight is 410 g/mol. The highest BCUT2D eigenvalue weighted by Gasteiger charge is 2.34. The first kappa shape index (κ1) is 19.2. The van der Waals surface area contributed by atoms with Crippen LogP contribution in [0.5, 0.6) is 0 Å². The zero-order valence-electron chi connectivity index (χ0n) is 16.8. The number of nitrogens with one attached hydrogen (secondary N) is 1. The number of rotatable bonds is 5. The fraction of sp³-hybridized carbons (Fsp3) is 0.391. The van der Waals surface area contributed by atoms with Gasteiger partial charge in [0.15, 0.2) is 0 Å². The van der Waals surface area contributed by atoms with Crippen molar-refractivity contribution in [3.05, 3.63) is 59.8 Å². The van der Waals surface area contributed by atoms with Crippen molar-refractivity contribution in [2.24, 2.45) is 0 Å². The number of fused-ring (bicyclic) bond motifs is 4. The Morgan fingerprint density at radius 2 is 2.00 bits per heavy atom. The molecule has 2 unspecified atom stereocenters. The van der Waals surface area contributed by atoms with Crippen molar-refractivity contribution in [1.82, 2.24) is 10.2 Å². The van der Waals surface area contributed by atoms with Gasteiger partial charge in [-0.3, -0.25) is 0 Å². The Morgan fingerprint density at radius 1 is 1.13 bits per heavy atom. The van der Waals surface area contributed by atoms with Crippen LogP contribution in [0.1, 0.15) is 43.4 Å². The summed E-state index contributed by atoms with van der Waals surface area (Å²) >= 11 is 0. The molecule has 3 atom stereocenters. The molecule has 4 heterocycles. The third-order valence-electron chi connectivity index (χ3n) is 6.18. The number of ether oxygens (including phenoxy) is 1. The summed E-state index contributed by atoms with van der Waals surface area (Å²) in [6.07, 6.45) is 1.81. The summed E-state index contributed by atoms with van der Waals surface area (Å²) in [6, 6.07) is 13.0. The lowest BCUT2D eigenvalue weighted by molar-refractivity contribution is -0.0225. The monoisotopic (exact) mass is 410 g/mol. The van der Waals surface area contributed by atoms with E-state index in [1.807, 2.05) is 19.1 Å². The molecule has 2 aromatic carbocycles. The molecule has 156 valence electrons. The lowest BCUT2D eigenvalue weighted by atomic mass is 9.96. The van der Waals surface area contributed by atoms with Gasteiger partial charge in [0.25, 0.3) is 6.43 Å². The molecule has 0 spiro atoms. The van der Waals surface area contributed by atoms with Crippen molar-refractivity contribution in [2.75, 3.05) is 23.4 Å². The van der Waals surface area contributed by atoms with Gasteiger partial charge in [-0.15, -0.1) is 0 Å². The molecule has 0 aliphatic carbocycles. The number of morpholine rings is 1. The average Bonchev–Trinajstić information content (AvgIpc) is 2.80. The fourth-order valence-corrected chi connectivity index (χ4v) is 4.49. The molecule has 5 nitrogen and oxygen atoms in total. The molecular formula is C23H24F2N4O. The van der Waals surface area contributed by atoms with Crippen LogP contribution in [0, 0.1) is 0 Å². The SMILES string of the molecule is C[C@@H](Nc1cnnc2ccc(N3CC4CCC3CO4)cc12)c1cccc(C(F)F)c1. The van der Waals surface area contributed by atoms with Gasteiger partial charge in [0, 0.05) is 29.2 Å². The highest BCUT2D eigenvalue weighted by Crippen LogP contribution is 2.34.